The third-order valence-electron chi connectivity index (χ3n) is 3.79. The van der Waals surface area contributed by atoms with Crippen molar-refractivity contribution in [2.75, 3.05) is 12.9 Å². The molecule has 1 aliphatic carbocycles. The fraction of sp³-hybridized carbons (Fsp3) is 0.562. The van der Waals surface area contributed by atoms with Crippen LogP contribution in [0.2, 0.25) is 0 Å². The smallest absolute Gasteiger partial charge is 0.327 e. The van der Waals surface area contributed by atoms with E-state index in [4.69, 9.17) is 4.74 Å². The number of hydrogen-bond donors (Lipinski definition) is 1. The van der Waals surface area contributed by atoms with Crippen LogP contribution in [0.1, 0.15) is 37.8 Å². The zero-order chi connectivity index (χ0) is 14.4. The van der Waals surface area contributed by atoms with E-state index >= 15 is 0 Å². The molecule has 1 fully saturated rings. The highest BCUT2D eigenvalue weighted by Crippen LogP contribution is 2.30. The number of ether oxygens (including phenoxy) is 1. The molecule has 4 heteroatoms. The van der Waals surface area contributed by atoms with E-state index in [1.165, 1.54) is 12.8 Å². The Kier molecular flexibility index (Phi) is 5.92. The summed E-state index contributed by atoms with van der Waals surface area (Å²) in [6, 6.07) is 9.89. The molecule has 1 aliphatic rings. The monoisotopic (exact) mass is 293 g/mol. The molecule has 0 bridgehead atoms. The van der Waals surface area contributed by atoms with Gasteiger partial charge < -0.3 is 4.74 Å². The summed E-state index contributed by atoms with van der Waals surface area (Å²) in [6.07, 6.45) is 5.73. The fourth-order valence-corrected chi connectivity index (χ4v) is 3.73. The topological polar surface area (TPSA) is 38.3 Å². The molecular weight excluding hydrogens is 270 g/mol. The zero-order valence-electron chi connectivity index (χ0n) is 12.2. The Morgan fingerprint density at radius 2 is 2.15 bits per heavy atom. The summed E-state index contributed by atoms with van der Waals surface area (Å²) in [5.74, 6) is -0.176. The number of thioether (sulfide) groups is 1. The molecule has 0 heterocycles. The maximum absolute atomic E-state index is 12.2. The van der Waals surface area contributed by atoms with Gasteiger partial charge in [-0.25, -0.2) is 4.79 Å². The van der Waals surface area contributed by atoms with E-state index in [-0.39, 0.29) is 12.0 Å². The minimum absolute atomic E-state index is 0.176. The van der Waals surface area contributed by atoms with E-state index in [1.807, 2.05) is 49.0 Å². The Hall–Kier alpha value is -1.00. The van der Waals surface area contributed by atoms with Crippen molar-refractivity contribution in [2.45, 2.75) is 43.5 Å². The first-order valence-corrected chi connectivity index (χ1v) is 8.55. The standard InChI is InChI=1S/C16H23NO2S/c1-3-19-16(18)15(12-8-5-4-6-9-12)17-13-10-7-11-14(13)20-2/h4-6,8-9,13-15,17H,3,7,10-11H2,1-2H3. The summed E-state index contributed by atoms with van der Waals surface area (Å²) in [4.78, 5) is 12.2. The molecule has 1 aromatic carbocycles. The number of esters is 1. The van der Waals surface area contributed by atoms with Crippen molar-refractivity contribution in [1.29, 1.82) is 0 Å². The van der Waals surface area contributed by atoms with Crippen molar-refractivity contribution in [3.63, 3.8) is 0 Å². The number of benzene rings is 1. The fourth-order valence-electron chi connectivity index (χ4n) is 2.78. The number of rotatable bonds is 6. The van der Waals surface area contributed by atoms with Gasteiger partial charge in [0.15, 0.2) is 0 Å². The molecule has 0 radical (unpaired) electrons. The number of hydrogen-bond acceptors (Lipinski definition) is 4. The van der Waals surface area contributed by atoms with Crippen LogP contribution < -0.4 is 5.32 Å². The summed E-state index contributed by atoms with van der Waals surface area (Å²) in [5, 5.41) is 4.12. The van der Waals surface area contributed by atoms with Gasteiger partial charge in [0, 0.05) is 11.3 Å². The highest BCUT2D eigenvalue weighted by Gasteiger charge is 2.31. The van der Waals surface area contributed by atoms with Gasteiger partial charge in [-0.3, -0.25) is 5.32 Å². The van der Waals surface area contributed by atoms with Gasteiger partial charge in [-0.1, -0.05) is 36.8 Å². The Morgan fingerprint density at radius 3 is 2.80 bits per heavy atom. The largest absolute Gasteiger partial charge is 0.465 e. The molecule has 0 aromatic heterocycles. The average molecular weight is 293 g/mol. The van der Waals surface area contributed by atoms with Crippen molar-refractivity contribution in [3.8, 4) is 0 Å². The van der Waals surface area contributed by atoms with Gasteiger partial charge >= 0.3 is 5.97 Å². The summed E-state index contributed by atoms with van der Waals surface area (Å²) < 4.78 is 5.23. The second-order valence-corrected chi connectivity index (χ2v) is 6.15. The number of carbonyl (C=O) groups is 1. The summed E-state index contributed by atoms with van der Waals surface area (Å²) in [6.45, 7) is 2.26. The highest BCUT2D eigenvalue weighted by atomic mass is 32.2. The van der Waals surface area contributed by atoms with E-state index in [0.717, 1.165) is 12.0 Å². The maximum atomic E-state index is 12.2. The molecule has 1 aromatic rings. The van der Waals surface area contributed by atoms with Crippen LogP contribution in [0, 0.1) is 0 Å². The summed E-state index contributed by atoms with van der Waals surface area (Å²) >= 11 is 1.89. The van der Waals surface area contributed by atoms with Crippen LogP contribution in [0.15, 0.2) is 30.3 Å². The Balaban J connectivity index is 2.12. The Bertz CT molecular complexity index is 424. The van der Waals surface area contributed by atoms with Crippen molar-refractivity contribution in [1.82, 2.24) is 5.32 Å². The lowest BCUT2D eigenvalue weighted by molar-refractivity contribution is -0.146. The zero-order valence-corrected chi connectivity index (χ0v) is 13.0. The molecule has 3 atom stereocenters. The van der Waals surface area contributed by atoms with Gasteiger partial charge in [0.1, 0.15) is 6.04 Å². The first kappa shape index (κ1) is 15.4. The Labute approximate surface area is 125 Å². The van der Waals surface area contributed by atoms with E-state index in [0.29, 0.717) is 17.9 Å². The quantitative estimate of drug-likeness (QED) is 0.818. The second-order valence-electron chi connectivity index (χ2n) is 5.07. The van der Waals surface area contributed by atoms with Crippen LogP contribution in [-0.4, -0.2) is 30.1 Å². The lowest BCUT2D eigenvalue weighted by atomic mass is 10.1. The van der Waals surface area contributed by atoms with Crippen molar-refractivity contribution < 1.29 is 9.53 Å². The van der Waals surface area contributed by atoms with E-state index < -0.39 is 0 Å². The van der Waals surface area contributed by atoms with E-state index in [9.17, 15) is 4.79 Å². The molecule has 1 N–H and O–H groups in total. The molecule has 3 unspecified atom stereocenters. The van der Waals surface area contributed by atoms with Gasteiger partial charge in [-0.15, -0.1) is 0 Å². The first-order chi connectivity index (χ1) is 9.76. The lowest BCUT2D eigenvalue weighted by Crippen LogP contribution is -2.41. The van der Waals surface area contributed by atoms with E-state index in [2.05, 4.69) is 11.6 Å². The molecule has 20 heavy (non-hydrogen) atoms. The van der Waals surface area contributed by atoms with Crippen molar-refractivity contribution in [2.24, 2.45) is 0 Å². The van der Waals surface area contributed by atoms with Crippen LogP contribution in [0.4, 0.5) is 0 Å². The van der Waals surface area contributed by atoms with Gasteiger partial charge in [0.05, 0.1) is 6.61 Å². The second kappa shape index (κ2) is 7.70. The third kappa shape index (κ3) is 3.76. The first-order valence-electron chi connectivity index (χ1n) is 7.26. The minimum Gasteiger partial charge on any atom is -0.465 e. The van der Waals surface area contributed by atoms with Gasteiger partial charge in [0.2, 0.25) is 0 Å². The van der Waals surface area contributed by atoms with Crippen molar-refractivity contribution >= 4 is 17.7 Å². The predicted octanol–water partition coefficient (Wildman–Crippen LogP) is 3.16. The summed E-state index contributed by atoms with van der Waals surface area (Å²) in [7, 11) is 0. The van der Waals surface area contributed by atoms with Crippen LogP contribution in [0.5, 0.6) is 0 Å². The molecular formula is C16H23NO2S. The van der Waals surface area contributed by atoms with Crippen LogP contribution in [-0.2, 0) is 9.53 Å². The normalized spacial score (nSPS) is 23.5. The molecule has 3 nitrogen and oxygen atoms in total. The van der Waals surface area contributed by atoms with Gasteiger partial charge in [0.25, 0.3) is 0 Å². The van der Waals surface area contributed by atoms with Gasteiger partial charge in [-0.05, 0) is 31.6 Å². The number of nitrogens with one attached hydrogen (secondary N) is 1. The van der Waals surface area contributed by atoms with Crippen LogP contribution in [0.25, 0.3) is 0 Å². The van der Waals surface area contributed by atoms with Gasteiger partial charge in [-0.2, -0.15) is 11.8 Å². The Morgan fingerprint density at radius 1 is 1.40 bits per heavy atom. The third-order valence-corrected chi connectivity index (χ3v) is 4.96. The van der Waals surface area contributed by atoms with Crippen LogP contribution >= 0.6 is 11.8 Å². The molecule has 0 aliphatic heterocycles. The minimum atomic E-state index is -0.353. The highest BCUT2D eigenvalue weighted by molar-refractivity contribution is 7.99. The van der Waals surface area contributed by atoms with Crippen molar-refractivity contribution in [3.05, 3.63) is 35.9 Å². The maximum Gasteiger partial charge on any atom is 0.327 e. The van der Waals surface area contributed by atoms with E-state index in [1.54, 1.807) is 0 Å². The molecule has 0 amide bonds. The predicted molar refractivity (Wildman–Crippen MR) is 83.9 cm³/mol. The molecule has 0 spiro atoms. The molecule has 0 saturated heterocycles. The molecule has 110 valence electrons. The summed E-state index contributed by atoms with van der Waals surface area (Å²) in [5.41, 5.74) is 0.984. The average Bonchev–Trinajstić information content (AvgIpc) is 2.93. The SMILES string of the molecule is CCOC(=O)C(NC1CCCC1SC)c1ccccc1. The lowest BCUT2D eigenvalue weighted by Gasteiger charge is -2.25. The van der Waals surface area contributed by atoms with Crippen LogP contribution in [0.3, 0.4) is 0 Å². The molecule has 1 saturated carbocycles. The molecule has 2 rings (SSSR count). The number of carbonyl (C=O) groups excluding carboxylic acids is 1.